The maximum Gasteiger partial charge on any atom is 0.244 e. The van der Waals surface area contributed by atoms with Crippen LogP contribution in [0.4, 0.5) is 5.69 Å². The molecule has 1 saturated carbocycles. The third kappa shape index (κ3) is 3.58. The van der Waals surface area contributed by atoms with Gasteiger partial charge in [0, 0.05) is 11.6 Å². The number of rotatable bonds is 4. The minimum atomic E-state index is -3.71. The largest absolute Gasteiger partial charge is 0.398 e. The molecule has 20 heavy (non-hydrogen) atoms. The summed E-state index contributed by atoms with van der Waals surface area (Å²) >= 11 is 11.7. The van der Waals surface area contributed by atoms with Crippen LogP contribution in [0.2, 0.25) is 10.0 Å². The van der Waals surface area contributed by atoms with E-state index < -0.39 is 10.0 Å². The summed E-state index contributed by atoms with van der Waals surface area (Å²) in [5.74, 6) is 1.04. The van der Waals surface area contributed by atoms with Crippen LogP contribution in [0.25, 0.3) is 0 Å². The molecule has 1 aromatic carbocycles. The van der Waals surface area contributed by atoms with Gasteiger partial charge >= 0.3 is 0 Å². The molecule has 2 atom stereocenters. The van der Waals surface area contributed by atoms with Crippen LogP contribution in [-0.2, 0) is 10.0 Å². The van der Waals surface area contributed by atoms with Gasteiger partial charge < -0.3 is 5.73 Å². The van der Waals surface area contributed by atoms with Gasteiger partial charge in [0.1, 0.15) is 4.90 Å². The molecule has 1 aliphatic rings. The first-order valence-electron chi connectivity index (χ1n) is 6.54. The molecule has 1 aliphatic carbocycles. The minimum absolute atomic E-state index is 0.0438. The van der Waals surface area contributed by atoms with Crippen molar-refractivity contribution in [1.29, 1.82) is 0 Å². The van der Waals surface area contributed by atoms with Crippen molar-refractivity contribution in [3.63, 3.8) is 0 Å². The Morgan fingerprint density at radius 2 is 2.05 bits per heavy atom. The summed E-state index contributed by atoms with van der Waals surface area (Å²) in [5.41, 5.74) is 5.79. The molecule has 112 valence electrons. The van der Waals surface area contributed by atoms with Gasteiger partial charge in [0.25, 0.3) is 0 Å². The SMILES string of the molecule is CC1CCC(CNS(=O)(=O)c2c(N)cc(Cl)cc2Cl)C1. The number of nitrogen functional groups attached to an aromatic ring is 1. The lowest BCUT2D eigenvalue weighted by molar-refractivity contribution is 0.498. The number of nitrogens with two attached hydrogens (primary N) is 1. The molecule has 0 heterocycles. The van der Waals surface area contributed by atoms with Gasteiger partial charge in [0.2, 0.25) is 10.0 Å². The molecule has 3 N–H and O–H groups in total. The Morgan fingerprint density at radius 3 is 2.60 bits per heavy atom. The lowest BCUT2D eigenvalue weighted by Gasteiger charge is -2.14. The van der Waals surface area contributed by atoms with Crippen LogP contribution in [-0.4, -0.2) is 15.0 Å². The predicted octanol–water partition coefficient (Wildman–Crippen LogP) is 3.29. The monoisotopic (exact) mass is 336 g/mol. The van der Waals surface area contributed by atoms with Crippen molar-refractivity contribution in [1.82, 2.24) is 4.72 Å². The topological polar surface area (TPSA) is 72.2 Å². The van der Waals surface area contributed by atoms with Gasteiger partial charge in [-0.3, -0.25) is 0 Å². The van der Waals surface area contributed by atoms with Crippen molar-refractivity contribution in [3.8, 4) is 0 Å². The first kappa shape index (κ1) is 15.9. The Bertz CT molecular complexity index is 581. The number of benzene rings is 1. The smallest absolute Gasteiger partial charge is 0.244 e. The molecule has 2 unspecified atom stereocenters. The lowest BCUT2D eigenvalue weighted by Crippen LogP contribution is -2.29. The molecule has 1 aromatic rings. The molecule has 0 bridgehead atoms. The summed E-state index contributed by atoms with van der Waals surface area (Å²) in [4.78, 5) is -0.0883. The van der Waals surface area contributed by atoms with Crippen LogP contribution >= 0.6 is 23.2 Å². The van der Waals surface area contributed by atoms with Crippen LogP contribution < -0.4 is 10.5 Å². The highest BCUT2D eigenvalue weighted by atomic mass is 35.5. The van der Waals surface area contributed by atoms with Crippen LogP contribution in [0.3, 0.4) is 0 Å². The Hall–Kier alpha value is -0.490. The third-order valence-corrected chi connectivity index (χ3v) is 5.84. The predicted molar refractivity (Wildman–Crippen MR) is 82.6 cm³/mol. The van der Waals surface area contributed by atoms with E-state index in [4.69, 9.17) is 28.9 Å². The van der Waals surface area contributed by atoms with E-state index in [1.807, 2.05) is 0 Å². The molecule has 0 aromatic heterocycles. The van der Waals surface area contributed by atoms with Crippen LogP contribution in [0, 0.1) is 11.8 Å². The van der Waals surface area contributed by atoms with Crippen LogP contribution in [0.5, 0.6) is 0 Å². The minimum Gasteiger partial charge on any atom is -0.398 e. The fourth-order valence-electron chi connectivity index (χ4n) is 2.67. The quantitative estimate of drug-likeness (QED) is 0.828. The van der Waals surface area contributed by atoms with E-state index in [0.717, 1.165) is 19.3 Å². The molecule has 1 fully saturated rings. The molecule has 0 saturated heterocycles. The fourth-order valence-corrected chi connectivity index (χ4v) is 4.77. The fraction of sp³-hybridized carbons (Fsp3) is 0.538. The Morgan fingerprint density at radius 1 is 1.35 bits per heavy atom. The summed E-state index contributed by atoms with van der Waals surface area (Å²) in [6.45, 7) is 2.60. The number of anilines is 1. The summed E-state index contributed by atoms with van der Waals surface area (Å²) in [6.07, 6.45) is 3.25. The average molecular weight is 337 g/mol. The standard InChI is InChI=1S/C13H18Cl2N2O2S/c1-8-2-3-9(4-8)7-17-20(18,19)13-11(15)5-10(14)6-12(13)16/h5-6,8-9,17H,2-4,7,16H2,1H3. The van der Waals surface area contributed by atoms with Gasteiger partial charge in [-0.05, 0) is 36.8 Å². The molecule has 0 amide bonds. The molecule has 7 heteroatoms. The highest BCUT2D eigenvalue weighted by Gasteiger charge is 2.26. The zero-order valence-electron chi connectivity index (χ0n) is 11.2. The lowest BCUT2D eigenvalue weighted by atomic mass is 10.1. The van der Waals surface area contributed by atoms with Crippen LogP contribution in [0.1, 0.15) is 26.2 Å². The number of hydrogen-bond acceptors (Lipinski definition) is 3. The second-order valence-corrected chi connectivity index (χ2v) is 7.99. The zero-order chi connectivity index (χ0) is 14.9. The molecular weight excluding hydrogens is 319 g/mol. The van der Waals surface area contributed by atoms with Gasteiger partial charge in [0.15, 0.2) is 0 Å². The van der Waals surface area contributed by atoms with E-state index >= 15 is 0 Å². The van der Waals surface area contributed by atoms with E-state index in [2.05, 4.69) is 11.6 Å². The highest BCUT2D eigenvalue weighted by molar-refractivity contribution is 7.89. The number of hydrogen-bond donors (Lipinski definition) is 2. The molecule has 0 spiro atoms. The normalized spacial score (nSPS) is 23.1. The Labute approximate surface area is 129 Å². The van der Waals surface area contributed by atoms with Crippen LogP contribution in [0.15, 0.2) is 17.0 Å². The third-order valence-electron chi connectivity index (χ3n) is 3.67. The summed E-state index contributed by atoms with van der Waals surface area (Å²) in [5, 5.41) is 0.360. The Balaban J connectivity index is 2.15. The maximum atomic E-state index is 12.3. The van der Waals surface area contributed by atoms with Gasteiger partial charge in [-0.15, -0.1) is 0 Å². The average Bonchev–Trinajstić information content (AvgIpc) is 2.71. The zero-order valence-corrected chi connectivity index (χ0v) is 13.5. The maximum absolute atomic E-state index is 12.3. The van der Waals surface area contributed by atoms with Crippen molar-refractivity contribution in [2.24, 2.45) is 11.8 Å². The molecule has 0 aliphatic heterocycles. The molecule has 4 nitrogen and oxygen atoms in total. The van der Waals surface area contributed by atoms with E-state index in [-0.39, 0.29) is 15.6 Å². The van der Waals surface area contributed by atoms with Gasteiger partial charge in [-0.1, -0.05) is 36.5 Å². The van der Waals surface area contributed by atoms with Crippen molar-refractivity contribution < 1.29 is 8.42 Å². The second-order valence-electron chi connectivity index (χ2n) is 5.44. The van der Waals surface area contributed by atoms with E-state index in [9.17, 15) is 8.42 Å². The molecule has 0 radical (unpaired) electrons. The summed E-state index contributed by atoms with van der Waals surface area (Å²) in [6, 6.07) is 2.77. The number of sulfonamides is 1. The summed E-state index contributed by atoms with van der Waals surface area (Å²) < 4.78 is 27.2. The van der Waals surface area contributed by atoms with E-state index in [1.54, 1.807) is 0 Å². The van der Waals surface area contributed by atoms with Gasteiger partial charge in [-0.2, -0.15) is 0 Å². The van der Waals surface area contributed by atoms with Gasteiger partial charge in [0.05, 0.1) is 10.7 Å². The summed E-state index contributed by atoms with van der Waals surface area (Å²) in [7, 11) is -3.71. The van der Waals surface area contributed by atoms with E-state index in [1.165, 1.54) is 12.1 Å². The molecule has 2 rings (SSSR count). The van der Waals surface area contributed by atoms with E-state index in [0.29, 0.717) is 23.4 Å². The van der Waals surface area contributed by atoms with Crippen molar-refractivity contribution in [2.75, 3.05) is 12.3 Å². The first-order valence-corrected chi connectivity index (χ1v) is 8.77. The first-order chi connectivity index (χ1) is 9.29. The number of nitrogens with one attached hydrogen (secondary N) is 1. The van der Waals surface area contributed by atoms with Crippen molar-refractivity contribution in [2.45, 2.75) is 31.1 Å². The highest BCUT2D eigenvalue weighted by Crippen LogP contribution is 2.32. The number of halogens is 2. The Kier molecular flexibility index (Phi) is 4.84. The van der Waals surface area contributed by atoms with Crippen molar-refractivity contribution in [3.05, 3.63) is 22.2 Å². The second kappa shape index (κ2) is 6.10. The molecular formula is C13H18Cl2N2O2S. The van der Waals surface area contributed by atoms with Crippen molar-refractivity contribution >= 4 is 38.9 Å². The van der Waals surface area contributed by atoms with Gasteiger partial charge in [-0.25, -0.2) is 13.1 Å².